The van der Waals surface area contributed by atoms with Gasteiger partial charge in [0, 0.05) is 5.02 Å². The van der Waals surface area contributed by atoms with Crippen molar-refractivity contribution in [1.29, 1.82) is 0 Å². The van der Waals surface area contributed by atoms with Gasteiger partial charge in [0.2, 0.25) is 0 Å². The van der Waals surface area contributed by atoms with Crippen LogP contribution in [0.1, 0.15) is 0 Å². The molecular formula is C27H22ClO3P3. The molecule has 0 fully saturated rings. The van der Waals surface area contributed by atoms with Gasteiger partial charge < -0.3 is 4.74 Å². The summed E-state index contributed by atoms with van der Waals surface area (Å²) in [7, 11) is -0.318. The maximum atomic E-state index is 14.0. The van der Waals surface area contributed by atoms with Crippen LogP contribution in [-0.2, 0) is 9.59 Å². The van der Waals surface area contributed by atoms with Gasteiger partial charge in [-0.1, -0.05) is 120 Å². The molecule has 0 saturated heterocycles. The van der Waals surface area contributed by atoms with E-state index in [1.54, 1.807) is 24.3 Å². The van der Waals surface area contributed by atoms with Crippen molar-refractivity contribution in [2.24, 2.45) is 0 Å². The Bertz CT molecular complexity index is 1190. The van der Waals surface area contributed by atoms with Crippen molar-refractivity contribution in [2.75, 3.05) is 0 Å². The number of hydrogen-bond donors (Lipinski definition) is 0. The summed E-state index contributed by atoms with van der Waals surface area (Å²) >= 11 is 6.00. The summed E-state index contributed by atoms with van der Waals surface area (Å²) in [6.07, 6.45) is 0. The summed E-state index contributed by atoms with van der Waals surface area (Å²) < 4.78 is 5.84. The summed E-state index contributed by atoms with van der Waals surface area (Å²) in [6, 6.07) is 35.6. The number of carbonyl (C=O) groups is 2. The molecule has 0 radical (unpaired) electrons. The van der Waals surface area contributed by atoms with Crippen LogP contribution in [0.15, 0.2) is 115 Å². The molecule has 0 aromatic heterocycles. The first kappa shape index (κ1) is 24.7. The second-order valence-electron chi connectivity index (χ2n) is 7.40. The van der Waals surface area contributed by atoms with Crippen molar-refractivity contribution in [1.82, 2.24) is 0 Å². The van der Waals surface area contributed by atoms with Crippen molar-refractivity contribution < 1.29 is 14.3 Å². The van der Waals surface area contributed by atoms with Gasteiger partial charge in [0.05, 0.1) is 0 Å². The topological polar surface area (TPSA) is 43.4 Å². The highest BCUT2D eigenvalue weighted by Gasteiger charge is 2.48. The molecule has 3 atom stereocenters. The van der Waals surface area contributed by atoms with Crippen LogP contribution in [0.5, 0.6) is 5.75 Å². The third-order valence-corrected chi connectivity index (χ3v) is 10.5. The molecule has 4 aromatic carbocycles. The van der Waals surface area contributed by atoms with E-state index in [0.717, 1.165) is 15.9 Å². The van der Waals surface area contributed by atoms with Crippen LogP contribution in [0, 0.1) is 0 Å². The Labute approximate surface area is 209 Å². The van der Waals surface area contributed by atoms with Gasteiger partial charge in [-0.05, 0) is 48.8 Å². The highest BCUT2D eigenvalue weighted by atomic mass is 35.5. The normalized spacial score (nSPS) is 13.6. The summed E-state index contributed by atoms with van der Waals surface area (Å²) in [4.78, 5) is 26.6. The molecule has 170 valence electrons. The average Bonchev–Trinajstić information content (AvgIpc) is 2.87. The predicted molar refractivity (Wildman–Crippen MR) is 148 cm³/mol. The molecule has 4 aromatic rings. The number of benzene rings is 4. The van der Waals surface area contributed by atoms with Crippen LogP contribution >= 0.6 is 37.3 Å². The SMILES string of the molecule is O=C(Oc1ccc(Cl)cc1)C(Pc1ccccc1)(Pc1ccccc1)C(=O)Pc1ccccc1. The number of ether oxygens (including phenoxy) is 1. The smallest absolute Gasteiger partial charge is 0.334 e. The van der Waals surface area contributed by atoms with Gasteiger partial charge in [-0.2, -0.15) is 0 Å². The Morgan fingerprint density at radius 1 is 0.618 bits per heavy atom. The Morgan fingerprint density at radius 2 is 1.06 bits per heavy atom. The van der Waals surface area contributed by atoms with Crippen LogP contribution in [0.25, 0.3) is 0 Å². The molecule has 0 aliphatic rings. The number of halogens is 1. The van der Waals surface area contributed by atoms with Gasteiger partial charge in [0.25, 0.3) is 0 Å². The maximum absolute atomic E-state index is 14.0. The number of carbonyl (C=O) groups excluding carboxylic acids is 2. The Kier molecular flexibility index (Phi) is 8.60. The minimum atomic E-state index is -1.34. The molecule has 0 amide bonds. The molecule has 0 spiro atoms. The van der Waals surface area contributed by atoms with Gasteiger partial charge in [-0.3, -0.25) is 4.79 Å². The molecule has 0 heterocycles. The molecule has 3 nitrogen and oxygen atoms in total. The fraction of sp³-hybridized carbons (Fsp3) is 0.0370. The third kappa shape index (κ3) is 6.38. The van der Waals surface area contributed by atoms with Crippen LogP contribution in [0.3, 0.4) is 0 Å². The predicted octanol–water partition coefficient (Wildman–Crippen LogP) is 5.48. The van der Waals surface area contributed by atoms with Gasteiger partial charge >= 0.3 is 5.97 Å². The molecule has 3 unspecified atom stereocenters. The van der Waals surface area contributed by atoms with Crippen LogP contribution in [0.2, 0.25) is 5.02 Å². The first-order valence-corrected chi connectivity index (χ1v) is 13.9. The van der Waals surface area contributed by atoms with E-state index >= 15 is 0 Å². The maximum Gasteiger partial charge on any atom is 0.334 e. The lowest BCUT2D eigenvalue weighted by molar-refractivity contribution is -0.136. The molecule has 4 rings (SSSR count). The Morgan fingerprint density at radius 3 is 1.53 bits per heavy atom. The molecule has 7 heteroatoms. The largest absolute Gasteiger partial charge is 0.425 e. The summed E-state index contributed by atoms with van der Waals surface area (Å²) in [6.45, 7) is 0. The fourth-order valence-corrected chi connectivity index (χ4v) is 8.27. The lowest BCUT2D eigenvalue weighted by Crippen LogP contribution is -2.42. The molecule has 0 bridgehead atoms. The van der Waals surface area contributed by atoms with E-state index in [4.69, 9.17) is 16.3 Å². The molecule has 0 N–H and O–H groups in total. The first-order chi connectivity index (χ1) is 16.5. The third-order valence-electron chi connectivity index (χ3n) is 4.91. The lowest BCUT2D eigenvalue weighted by atomic mass is 10.3. The van der Waals surface area contributed by atoms with Crippen molar-refractivity contribution in [3.63, 3.8) is 0 Å². The van der Waals surface area contributed by atoms with Gasteiger partial charge in [0.1, 0.15) is 5.75 Å². The molecular weight excluding hydrogens is 501 g/mol. The first-order valence-electron chi connectivity index (χ1n) is 10.6. The van der Waals surface area contributed by atoms with E-state index in [1.807, 2.05) is 91.0 Å². The monoisotopic (exact) mass is 522 g/mol. The lowest BCUT2D eigenvalue weighted by Gasteiger charge is -2.30. The summed E-state index contributed by atoms with van der Waals surface area (Å²) in [5.41, 5.74) is -0.123. The van der Waals surface area contributed by atoms with E-state index in [1.165, 1.54) is 0 Å². The standard InChI is InChI=1S/C27H22ClO3P3/c28-20-16-18-21(19-17-20)31-25(29)27(33-23-12-6-2-7-13-23,34-24-14-8-3-9-15-24)26(30)32-22-10-4-1-5-11-22/h1-19,32-34H. The second-order valence-corrected chi connectivity index (χ2v) is 12.8. The highest BCUT2D eigenvalue weighted by Crippen LogP contribution is 2.51. The van der Waals surface area contributed by atoms with E-state index in [2.05, 4.69) is 0 Å². The van der Waals surface area contributed by atoms with Crippen LogP contribution in [-0.4, -0.2) is 16.4 Å². The van der Waals surface area contributed by atoms with E-state index in [0.29, 0.717) is 10.8 Å². The summed E-state index contributed by atoms with van der Waals surface area (Å²) in [5.74, 6) is -0.169. The quantitative estimate of drug-likeness (QED) is 0.127. The molecule has 0 aliphatic carbocycles. The van der Waals surface area contributed by atoms with Crippen LogP contribution < -0.4 is 20.7 Å². The molecule has 0 aliphatic heterocycles. The zero-order valence-corrected chi connectivity index (χ0v) is 21.8. The van der Waals surface area contributed by atoms with Crippen molar-refractivity contribution in [3.8, 4) is 5.75 Å². The zero-order chi connectivity index (χ0) is 23.8. The highest BCUT2D eigenvalue weighted by molar-refractivity contribution is 7.78. The Balaban J connectivity index is 1.77. The summed E-state index contributed by atoms with van der Waals surface area (Å²) in [5, 5.41) is 3.31. The fourth-order valence-electron chi connectivity index (χ4n) is 3.25. The number of esters is 1. The van der Waals surface area contributed by atoms with Crippen molar-refractivity contribution in [2.45, 2.75) is 4.90 Å². The van der Waals surface area contributed by atoms with E-state index in [-0.39, 0.29) is 31.3 Å². The minimum absolute atomic E-state index is 0.0777. The molecule has 34 heavy (non-hydrogen) atoms. The van der Waals surface area contributed by atoms with Gasteiger partial charge in [-0.15, -0.1) is 0 Å². The number of rotatable bonds is 9. The Hall–Kier alpha value is -2.40. The zero-order valence-electron chi connectivity index (χ0n) is 18.1. The van der Waals surface area contributed by atoms with Crippen molar-refractivity contribution >= 4 is 64.8 Å². The average molecular weight is 523 g/mol. The van der Waals surface area contributed by atoms with Gasteiger partial charge in [0.15, 0.2) is 10.4 Å². The van der Waals surface area contributed by atoms with Crippen LogP contribution in [0.4, 0.5) is 0 Å². The van der Waals surface area contributed by atoms with Crippen molar-refractivity contribution in [3.05, 3.63) is 120 Å². The van der Waals surface area contributed by atoms with E-state index in [9.17, 15) is 9.59 Å². The van der Waals surface area contributed by atoms with E-state index < -0.39 is 10.9 Å². The van der Waals surface area contributed by atoms with Gasteiger partial charge in [-0.25, -0.2) is 4.79 Å². The molecule has 0 saturated carbocycles. The number of hydrogen-bond acceptors (Lipinski definition) is 3. The second kappa shape index (κ2) is 11.8. The minimum Gasteiger partial charge on any atom is -0.425 e.